The molecule has 4 atom stereocenters. The molecule has 0 spiro atoms. The van der Waals surface area contributed by atoms with E-state index in [0.717, 1.165) is 12.2 Å². The van der Waals surface area contributed by atoms with Crippen molar-refractivity contribution in [2.45, 2.75) is 72.3 Å². The highest BCUT2D eigenvalue weighted by Crippen LogP contribution is 2.63. The maximum Gasteiger partial charge on any atom is 0.166 e. The number of hydrogen-bond acceptors (Lipinski definition) is 2. The molecule has 2 saturated carbocycles. The summed E-state index contributed by atoms with van der Waals surface area (Å²) in [6.45, 7) is 11.2. The third kappa shape index (κ3) is 1.79. The van der Waals surface area contributed by atoms with Crippen molar-refractivity contribution >= 4 is 5.78 Å². The average molecular weight is 276 g/mol. The summed E-state index contributed by atoms with van der Waals surface area (Å²) in [7, 11) is 0. The Morgan fingerprint density at radius 3 is 2.55 bits per heavy atom. The standard InChI is InChI=1S/C18H28O2/c1-12-11-13(19)15-17(4)9-6-8-16(2,3)14(17)7-10-18(15,5)20-12/h11,14-15H,6-10H2,1-5H3/t14-,15+,17-,18+/m0/s1. The Balaban J connectivity index is 2.07. The van der Waals surface area contributed by atoms with Gasteiger partial charge in [-0.1, -0.05) is 27.2 Å². The van der Waals surface area contributed by atoms with E-state index in [4.69, 9.17) is 4.74 Å². The fourth-order valence-electron chi connectivity index (χ4n) is 5.92. The van der Waals surface area contributed by atoms with Crippen LogP contribution in [0.2, 0.25) is 0 Å². The van der Waals surface area contributed by atoms with Crippen molar-refractivity contribution in [3.05, 3.63) is 11.8 Å². The van der Waals surface area contributed by atoms with Crippen molar-refractivity contribution in [2.24, 2.45) is 22.7 Å². The van der Waals surface area contributed by atoms with Gasteiger partial charge in [-0.2, -0.15) is 0 Å². The topological polar surface area (TPSA) is 26.3 Å². The molecule has 2 aliphatic carbocycles. The molecule has 2 heteroatoms. The van der Waals surface area contributed by atoms with E-state index in [1.807, 2.05) is 6.92 Å². The van der Waals surface area contributed by atoms with Crippen molar-refractivity contribution < 1.29 is 9.53 Å². The first-order chi connectivity index (χ1) is 9.19. The summed E-state index contributed by atoms with van der Waals surface area (Å²) in [5.41, 5.74) is 0.169. The molecule has 0 aromatic rings. The third-order valence-electron chi connectivity index (χ3n) is 6.50. The lowest BCUT2D eigenvalue weighted by Crippen LogP contribution is -2.61. The molecule has 0 saturated heterocycles. The minimum Gasteiger partial charge on any atom is -0.491 e. The maximum absolute atomic E-state index is 12.8. The first-order valence-electron chi connectivity index (χ1n) is 8.10. The van der Waals surface area contributed by atoms with Crippen LogP contribution in [0, 0.1) is 22.7 Å². The fourth-order valence-corrected chi connectivity index (χ4v) is 5.92. The highest BCUT2D eigenvalue weighted by atomic mass is 16.5. The normalized spacial score (nSPS) is 46.9. The largest absolute Gasteiger partial charge is 0.491 e. The monoisotopic (exact) mass is 276 g/mol. The van der Waals surface area contributed by atoms with Crippen molar-refractivity contribution in [3.63, 3.8) is 0 Å². The van der Waals surface area contributed by atoms with Gasteiger partial charge in [0.2, 0.25) is 0 Å². The van der Waals surface area contributed by atoms with E-state index in [2.05, 4.69) is 27.7 Å². The second-order valence-corrected chi connectivity index (χ2v) is 8.44. The summed E-state index contributed by atoms with van der Waals surface area (Å²) >= 11 is 0. The highest BCUT2D eigenvalue weighted by Gasteiger charge is 2.62. The second kappa shape index (κ2) is 4.11. The molecular weight excluding hydrogens is 248 g/mol. The van der Waals surface area contributed by atoms with Crippen LogP contribution in [0.1, 0.15) is 66.7 Å². The second-order valence-electron chi connectivity index (χ2n) is 8.44. The van der Waals surface area contributed by atoms with Crippen LogP contribution in [0.25, 0.3) is 0 Å². The SMILES string of the molecule is CC1=CC(=O)[C@@H]2[C@@]3(C)CCCC(C)(C)[C@@H]3CC[C@@]2(C)O1. The van der Waals surface area contributed by atoms with E-state index in [-0.39, 0.29) is 16.9 Å². The van der Waals surface area contributed by atoms with Crippen molar-refractivity contribution in [1.29, 1.82) is 0 Å². The Hall–Kier alpha value is -0.790. The van der Waals surface area contributed by atoms with Gasteiger partial charge in [0, 0.05) is 6.08 Å². The highest BCUT2D eigenvalue weighted by molar-refractivity contribution is 5.94. The van der Waals surface area contributed by atoms with E-state index >= 15 is 0 Å². The molecule has 0 N–H and O–H groups in total. The van der Waals surface area contributed by atoms with Crippen LogP contribution in [-0.2, 0) is 9.53 Å². The van der Waals surface area contributed by atoms with Crippen molar-refractivity contribution in [2.75, 3.05) is 0 Å². The van der Waals surface area contributed by atoms with Gasteiger partial charge in [0.05, 0.1) is 11.7 Å². The molecule has 0 radical (unpaired) electrons. The van der Waals surface area contributed by atoms with Gasteiger partial charge in [-0.3, -0.25) is 4.79 Å². The van der Waals surface area contributed by atoms with Gasteiger partial charge in [-0.25, -0.2) is 0 Å². The molecule has 3 aliphatic rings. The lowest BCUT2D eigenvalue weighted by Gasteiger charge is -2.62. The summed E-state index contributed by atoms with van der Waals surface area (Å²) in [6, 6.07) is 0. The molecule has 0 unspecified atom stereocenters. The minimum atomic E-state index is -0.283. The lowest BCUT2D eigenvalue weighted by molar-refractivity contribution is -0.185. The minimum absolute atomic E-state index is 0.0389. The van der Waals surface area contributed by atoms with Gasteiger partial charge in [0.15, 0.2) is 5.78 Å². The summed E-state index contributed by atoms with van der Waals surface area (Å²) < 4.78 is 6.17. The van der Waals surface area contributed by atoms with Crippen molar-refractivity contribution in [3.8, 4) is 0 Å². The van der Waals surface area contributed by atoms with Crippen LogP contribution in [-0.4, -0.2) is 11.4 Å². The maximum atomic E-state index is 12.8. The quantitative estimate of drug-likeness (QED) is 0.651. The number of allylic oxidation sites excluding steroid dienone is 2. The van der Waals surface area contributed by atoms with E-state index in [1.54, 1.807) is 6.08 Å². The smallest absolute Gasteiger partial charge is 0.166 e. The zero-order chi connectivity index (χ0) is 14.8. The summed E-state index contributed by atoms with van der Waals surface area (Å²) in [6.07, 6.45) is 7.64. The van der Waals surface area contributed by atoms with Gasteiger partial charge in [0.1, 0.15) is 5.60 Å². The molecule has 1 heterocycles. The van der Waals surface area contributed by atoms with E-state index < -0.39 is 0 Å². The van der Waals surface area contributed by atoms with Crippen LogP contribution in [0.5, 0.6) is 0 Å². The van der Waals surface area contributed by atoms with Crippen LogP contribution in [0.15, 0.2) is 11.8 Å². The molecule has 0 bridgehead atoms. The zero-order valence-electron chi connectivity index (χ0n) is 13.6. The zero-order valence-corrected chi connectivity index (χ0v) is 13.6. The molecule has 112 valence electrons. The molecule has 2 nitrogen and oxygen atoms in total. The number of fused-ring (bicyclic) bond motifs is 3. The van der Waals surface area contributed by atoms with Crippen LogP contribution < -0.4 is 0 Å². The Morgan fingerprint density at radius 2 is 1.85 bits per heavy atom. The molecule has 2 fully saturated rings. The molecule has 1 aliphatic heterocycles. The predicted octanol–water partition coefficient (Wildman–Crippen LogP) is 4.49. The predicted molar refractivity (Wildman–Crippen MR) is 80.2 cm³/mol. The number of carbonyl (C=O) groups is 1. The summed E-state index contributed by atoms with van der Waals surface area (Å²) in [5.74, 6) is 1.78. The lowest BCUT2D eigenvalue weighted by atomic mass is 9.44. The number of hydrogen-bond donors (Lipinski definition) is 0. The first kappa shape index (κ1) is 14.2. The van der Waals surface area contributed by atoms with Gasteiger partial charge >= 0.3 is 0 Å². The number of ether oxygens (including phenoxy) is 1. The molecule has 0 aromatic carbocycles. The van der Waals surface area contributed by atoms with Crippen LogP contribution in [0.4, 0.5) is 0 Å². The number of rotatable bonds is 0. The first-order valence-corrected chi connectivity index (χ1v) is 8.10. The average Bonchev–Trinajstić information content (AvgIpc) is 2.24. The van der Waals surface area contributed by atoms with Gasteiger partial charge in [-0.15, -0.1) is 0 Å². The molecule has 0 amide bonds. The Bertz CT molecular complexity index is 476. The third-order valence-corrected chi connectivity index (χ3v) is 6.50. The summed E-state index contributed by atoms with van der Waals surface area (Å²) in [4.78, 5) is 12.8. The molecular formula is C18H28O2. The Morgan fingerprint density at radius 1 is 1.15 bits per heavy atom. The number of carbonyl (C=O) groups excluding carboxylic acids is 1. The number of ketones is 1. The fraction of sp³-hybridized carbons (Fsp3) is 0.833. The molecule has 3 rings (SSSR count). The van der Waals surface area contributed by atoms with E-state index in [1.165, 1.54) is 25.7 Å². The van der Waals surface area contributed by atoms with Crippen molar-refractivity contribution in [1.82, 2.24) is 0 Å². The van der Waals surface area contributed by atoms with Gasteiger partial charge in [-0.05, 0) is 56.3 Å². The molecule has 20 heavy (non-hydrogen) atoms. The van der Waals surface area contributed by atoms with Crippen LogP contribution in [0.3, 0.4) is 0 Å². The summed E-state index contributed by atoms with van der Waals surface area (Å²) in [5, 5.41) is 0. The Kier molecular flexibility index (Phi) is 2.91. The molecule has 0 aromatic heterocycles. The van der Waals surface area contributed by atoms with E-state index in [0.29, 0.717) is 17.1 Å². The Labute approximate surface area is 123 Å². The van der Waals surface area contributed by atoms with Crippen LogP contribution >= 0.6 is 0 Å². The van der Waals surface area contributed by atoms with Gasteiger partial charge in [0.25, 0.3) is 0 Å². The van der Waals surface area contributed by atoms with E-state index in [9.17, 15) is 4.79 Å². The van der Waals surface area contributed by atoms with Gasteiger partial charge < -0.3 is 4.74 Å².